The number of unbranched alkanes of at least 4 members (excludes halogenated alkanes) is 12. The van der Waals surface area contributed by atoms with Gasteiger partial charge in [0.25, 0.3) is 0 Å². The lowest BCUT2D eigenvalue weighted by Gasteiger charge is -2.19. The molecule has 29 heavy (non-hydrogen) atoms. The molecule has 0 aromatic carbocycles. The minimum atomic E-state index is -5.06. The van der Waals surface area contributed by atoms with Crippen LogP contribution in [0, 0.1) is 5.92 Å². The molecule has 0 aliphatic carbocycles. The highest BCUT2D eigenvalue weighted by Gasteiger charge is 2.32. The molecular formula is C20H44O7P2. The number of hydrogen-bond acceptors (Lipinski definition) is 4. The summed E-state index contributed by atoms with van der Waals surface area (Å²) in [5, 5.41) is 0. The molecule has 9 heteroatoms. The van der Waals surface area contributed by atoms with E-state index in [9.17, 15) is 14.0 Å². The van der Waals surface area contributed by atoms with E-state index in [1.807, 2.05) is 0 Å². The molecule has 0 saturated heterocycles. The molecule has 0 radical (unpaired) electrons. The molecule has 0 saturated carbocycles. The van der Waals surface area contributed by atoms with E-state index in [0.29, 0.717) is 0 Å². The molecule has 0 spiro atoms. The summed E-state index contributed by atoms with van der Waals surface area (Å²) in [6, 6.07) is 0. The Kier molecular flexibility index (Phi) is 18.1. The molecule has 176 valence electrons. The van der Waals surface area contributed by atoms with Gasteiger partial charge in [0.1, 0.15) is 0 Å². The van der Waals surface area contributed by atoms with Gasteiger partial charge in [-0.05, 0) is 18.8 Å². The Morgan fingerprint density at radius 3 is 1.41 bits per heavy atom. The monoisotopic (exact) mass is 458 g/mol. The molecule has 0 aliphatic rings. The van der Waals surface area contributed by atoms with E-state index in [-0.39, 0.29) is 12.5 Å². The van der Waals surface area contributed by atoms with Crippen LogP contribution >= 0.6 is 15.6 Å². The maximum atomic E-state index is 11.7. The van der Waals surface area contributed by atoms with Crippen LogP contribution in [0.3, 0.4) is 0 Å². The first kappa shape index (κ1) is 29.3. The lowest BCUT2D eigenvalue weighted by atomic mass is 9.95. The van der Waals surface area contributed by atoms with Crippen LogP contribution in [0.1, 0.15) is 117 Å². The van der Waals surface area contributed by atoms with E-state index in [2.05, 4.69) is 18.2 Å². The van der Waals surface area contributed by atoms with Crippen molar-refractivity contribution in [2.45, 2.75) is 117 Å². The van der Waals surface area contributed by atoms with E-state index in [0.717, 1.165) is 38.5 Å². The highest BCUT2D eigenvalue weighted by Crippen LogP contribution is 2.57. The molecular weight excluding hydrogens is 414 g/mol. The van der Waals surface area contributed by atoms with Gasteiger partial charge in [-0.25, -0.2) is 9.13 Å². The Bertz CT molecular complexity index is 468. The molecule has 2 atom stereocenters. The zero-order chi connectivity index (χ0) is 22.0. The molecule has 0 heterocycles. The molecule has 0 amide bonds. The van der Waals surface area contributed by atoms with Crippen molar-refractivity contribution < 1.29 is 32.6 Å². The van der Waals surface area contributed by atoms with Crippen molar-refractivity contribution >= 4 is 15.6 Å². The molecule has 2 unspecified atom stereocenters. The first-order chi connectivity index (χ1) is 13.7. The summed E-state index contributed by atoms with van der Waals surface area (Å²) in [5.74, 6) is 0.0992. The predicted octanol–water partition coefficient (Wildman–Crippen LogP) is 7.11. The normalized spacial score (nSPS) is 15.3. The summed E-state index contributed by atoms with van der Waals surface area (Å²) >= 11 is 0. The van der Waals surface area contributed by atoms with Crippen molar-refractivity contribution in [2.75, 3.05) is 6.61 Å². The first-order valence-electron chi connectivity index (χ1n) is 11.4. The van der Waals surface area contributed by atoms with Crippen LogP contribution in [0.25, 0.3) is 0 Å². The third kappa shape index (κ3) is 21.3. The van der Waals surface area contributed by atoms with Crippen LogP contribution in [0.2, 0.25) is 0 Å². The molecule has 7 nitrogen and oxygen atoms in total. The van der Waals surface area contributed by atoms with Crippen LogP contribution < -0.4 is 0 Å². The van der Waals surface area contributed by atoms with Crippen molar-refractivity contribution in [3.63, 3.8) is 0 Å². The molecule has 0 fully saturated rings. The van der Waals surface area contributed by atoms with E-state index in [1.54, 1.807) is 0 Å². The maximum absolute atomic E-state index is 11.7. The fourth-order valence-electron chi connectivity index (χ4n) is 3.45. The van der Waals surface area contributed by atoms with Crippen LogP contribution in [-0.4, -0.2) is 21.3 Å². The van der Waals surface area contributed by atoms with Crippen LogP contribution in [0.15, 0.2) is 0 Å². The maximum Gasteiger partial charge on any atom is 0.481 e. The molecule has 3 N–H and O–H groups in total. The van der Waals surface area contributed by atoms with Gasteiger partial charge >= 0.3 is 15.6 Å². The van der Waals surface area contributed by atoms with Gasteiger partial charge in [-0.2, -0.15) is 4.31 Å². The largest absolute Gasteiger partial charge is 0.481 e. The Morgan fingerprint density at radius 2 is 1.03 bits per heavy atom. The second kappa shape index (κ2) is 17.9. The Morgan fingerprint density at radius 1 is 0.655 bits per heavy atom. The van der Waals surface area contributed by atoms with Crippen molar-refractivity contribution in [1.82, 2.24) is 0 Å². The Balaban J connectivity index is 4.24. The lowest BCUT2D eigenvalue weighted by Crippen LogP contribution is -2.10. The smallest absolute Gasteiger partial charge is 0.302 e. The first-order valence-corrected chi connectivity index (χ1v) is 14.5. The van der Waals surface area contributed by atoms with Crippen molar-refractivity contribution in [3.8, 4) is 0 Å². The summed E-state index contributed by atoms with van der Waals surface area (Å²) < 4.78 is 31.3. The van der Waals surface area contributed by atoms with Crippen LogP contribution in [0.5, 0.6) is 0 Å². The summed E-state index contributed by atoms with van der Waals surface area (Å²) in [6.45, 7) is 4.38. The fourth-order valence-corrected chi connectivity index (χ4v) is 5.11. The summed E-state index contributed by atoms with van der Waals surface area (Å²) in [4.78, 5) is 26.9. The third-order valence-electron chi connectivity index (χ3n) is 5.11. The van der Waals surface area contributed by atoms with Gasteiger partial charge in [0.05, 0.1) is 6.61 Å². The quantitative estimate of drug-likeness (QED) is 0.124. The highest BCUT2D eigenvalue weighted by molar-refractivity contribution is 7.60. The van der Waals surface area contributed by atoms with Crippen molar-refractivity contribution in [1.29, 1.82) is 0 Å². The number of phosphoric acid groups is 2. The zero-order valence-corrected chi connectivity index (χ0v) is 20.3. The van der Waals surface area contributed by atoms with Gasteiger partial charge in [0.15, 0.2) is 0 Å². The van der Waals surface area contributed by atoms with Gasteiger partial charge in [-0.15, -0.1) is 0 Å². The van der Waals surface area contributed by atoms with Crippen molar-refractivity contribution in [2.24, 2.45) is 5.92 Å². The predicted molar refractivity (Wildman–Crippen MR) is 118 cm³/mol. The summed E-state index contributed by atoms with van der Waals surface area (Å²) in [5.41, 5.74) is 0. The molecule has 0 bridgehead atoms. The zero-order valence-electron chi connectivity index (χ0n) is 18.5. The van der Waals surface area contributed by atoms with E-state index in [1.165, 1.54) is 64.2 Å². The molecule has 0 aromatic heterocycles. The lowest BCUT2D eigenvalue weighted by molar-refractivity contribution is 0.148. The molecule has 0 aliphatic heterocycles. The number of rotatable bonds is 21. The SMILES string of the molecule is CCCCCCCCCCC(CCCCCCCC)COP(=O)(O)OP(=O)(O)O. The van der Waals surface area contributed by atoms with E-state index >= 15 is 0 Å². The van der Waals surface area contributed by atoms with Gasteiger partial charge in [0, 0.05) is 0 Å². The standard InChI is InChI=1S/C20H44O7P2/c1-3-5-7-9-11-12-14-16-18-20(17-15-13-10-8-6-4-2)19-26-29(24,25)27-28(21,22)23/h20H,3-19H2,1-2H3,(H,24,25)(H2,21,22,23). The summed E-state index contributed by atoms with van der Waals surface area (Å²) in [6.07, 6.45) is 18.6. The molecule has 0 rings (SSSR count). The average molecular weight is 459 g/mol. The minimum absolute atomic E-state index is 0.0146. The van der Waals surface area contributed by atoms with Gasteiger partial charge in [-0.3, -0.25) is 4.52 Å². The Hall–Kier alpha value is 0.260. The van der Waals surface area contributed by atoms with Crippen molar-refractivity contribution in [3.05, 3.63) is 0 Å². The molecule has 0 aromatic rings. The third-order valence-corrected chi connectivity index (χ3v) is 7.27. The second-order valence-corrected chi connectivity index (χ2v) is 10.9. The highest BCUT2D eigenvalue weighted by atomic mass is 31.3. The van der Waals surface area contributed by atoms with Gasteiger partial charge in [0.2, 0.25) is 0 Å². The van der Waals surface area contributed by atoms with E-state index in [4.69, 9.17) is 14.3 Å². The number of hydrogen-bond donors (Lipinski definition) is 3. The summed E-state index contributed by atoms with van der Waals surface area (Å²) in [7, 11) is -9.81. The topological polar surface area (TPSA) is 113 Å². The van der Waals surface area contributed by atoms with Crippen LogP contribution in [0.4, 0.5) is 0 Å². The minimum Gasteiger partial charge on any atom is -0.302 e. The fraction of sp³-hybridized carbons (Fsp3) is 1.00. The van der Waals surface area contributed by atoms with Gasteiger partial charge < -0.3 is 14.7 Å². The second-order valence-electron chi connectivity index (χ2n) is 8.02. The van der Waals surface area contributed by atoms with E-state index < -0.39 is 15.6 Å². The Labute approximate surface area is 177 Å². The average Bonchev–Trinajstić information content (AvgIpc) is 2.62. The van der Waals surface area contributed by atoms with Gasteiger partial charge in [-0.1, -0.05) is 104 Å². The number of phosphoric ester groups is 1. The van der Waals surface area contributed by atoms with Crippen LogP contribution in [-0.2, 0) is 18.0 Å².